The van der Waals surface area contributed by atoms with E-state index in [9.17, 15) is 4.79 Å². The van der Waals surface area contributed by atoms with Crippen LogP contribution in [-0.2, 0) is 0 Å². The second kappa shape index (κ2) is 4.77. The minimum Gasteiger partial charge on any atom is -0.320 e. The lowest BCUT2D eigenvalue weighted by molar-refractivity contribution is 0.102. The summed E-state index contributed by atoms with van der Waals surface area (Å²) in [5.74, 6) is -0.232. The first-order valence-corrected chi connectivity index (χ1v) is 5.96. The molecule has 0 spiro atoms. The molecule has 0 aliphatic heterocycles. The van der Waals surface area contributed by atoms with E-state index in [1.165, 1.54) is 0 Å². The third-order valence-corrected chi connectivity index (χ3v) is 3.19. The molecule has 7 heteroatoms. The number of nitrogens with zero attached hydrogens (tertiary/aromatic N) is 3. The Balaban J connectivity index is 2.22. The van der Waals surface area contributed by atoms with Crippen LogP contribution in [0.1, 0.15) is 21.1 Å². The van der Waals surface area contributed by atoms with Crippen LogP contribution in [-0.4, -0.2) is 20.5 Å². The van der Waals surface area contributed by atoms with Gasteiger partial charge in [-0.3, -0.25) is 4.79 Å². The molecule has 0 fully saturated rings. The summed E-state index contributed by atoms with van der Waals surface area (Å²) in [6, 6.07) is 3.34. The Morgan fingerprint density at radius 1 is 1.35 bits per heavy atom. The Bertz CT molecular complexity index is 569. The molecule has 1 amide bonds. The number of carbonyl (C=O) groups excluding carboxylic acids is 1. The van der Waals surface area contributed by atoms with E-state index in [0.717, 1.165) is 11.5 Å². The van der Waals surface area contributed by atoms with Crippen LogP contribution in [0, 0.1) is 13.8 Å². The maximum absolute atomic E-state index is 11.9. The third-order valence-electron chi connectivity index (χ3n) is 2.16. The van der Waals surface area contributed by atoms with E-state index < -0.39 is 0 Å². The van der Waals surface area contributed by atoms with Crippen molar-refractivity contribution in [1.29, 1.82) is 0 Å². The second-order valence-corrected chi connectivity index (χ2v) is 4.55. The monoisotopic (exact) mass is 268 g/mol. The van der Waals surface area contributed by atoms with Crippen LogP contribution in [0.2, 0.25) is 5.15 Å². The van der Waals surface area contributed by atoms with Crippen molar-refractivity contribution < 1.29 is 4.79 Å². The molecule has 5 nitrogen and oxygen atoms in total. The van der Waals surface area contributed by atoms with Crippen LogP contribution in [0.15, 0.2) is 12.1 Å². The molecule has 0 aromatic carbocycles. The van der Waals surface area contributed by atoms with Gasteiger partial charge in [-0.25, -0.2) is 4.98 Å². The van der Waals surface area contributed by atoms with E-state index in [1.807, 2.05) is 0 Å². The molecule has 1 N–H and O–H groups in total. The number of aryl methyl sites for hydroxylation is 2. The maximum atomic E-state index is 11.9. The summed E-state index contributed by atoms with van der Waals surface area (Å²) in [4.78, 5) is 16.4. The summed E-state index contributed by atoms with van der Waals surface area (Å²) in [7, 11) is 0. The van der Waals surface area contributed by atoms with Crippen LogP contribution < -0.4 is 5.32 Å². The van der Waals surface area contributed by atoms with Crippen LogP contribution in [0.5, 0.6) is 0 Å². The lowest BCUT2D eigenvalue weighted by atomic mass is 10.3. The normalized spacial score (nSPS) is 10.3. The third kappa shape index (κ3) is 2.59. The Morgan fingerprint density at radius 3 is 2.71 bits per heavy atom. The first-order valence-electron chi connectivity index (χ1n) is 4.81. The Hall–Kier alpha value is -1.53. The highest BCUT2D eigenvalue weighted by molar-refractivity contribution is 7.08. The summed E-state index contributed by atoms with van der Waals surface area (Å²) in [5, 5.41) is 6.94. The number of pyridine rings is 1. The quantitative estimate of drug-likeness (QED) is 0.850. The molecular weight excluding hydrogens is 260 g/mol. The summed E-state index contributed by atoms with van der Waals surface area (Å²) in [5.41, 5.74) is 1.92. The van der Waals surface area contributed by atoms with Gasteiger partial charge >= 0.3 is 0 Å². The Morgan fingerprint density at radius 2 is 2.12 bits per heavy atom. The van der Waals surface area contributed by atoms with Gasteiger partial charge in [-0.15, -0.1) is 5.10 Å². The van der Waals surface area contributed by atoms with Crippen LogP contribution in [0.25, 0.3) is 0 Å². The van der Waals surface area contributed by atoms with Gasteiger partial charge in [0.05, 0.1) is 17.1 Å². The number of anilines is 1. The van der Waals surface area contributed by atoms with Gasteiger partial charge in [0.1, 0.15) is 10.0 Å². The Labute approximate surface area is 107 Å². The first-order chi connectivity index (χ1) is 8.08. The van der Waals surface area contributed by atoms with Crippen molar-refractivity contribution in [2.45, 2.75) is 13.8 Å². The summed E-state index contributed by atoms with van der Waals surface area (Å²) in [6.07, 6.45) is 0. The molecule has 0 atom stereocenters. The van der Waals surface area contributed by atoms with Gasteiger partial charge in [0.25, 0.3) is 5.91 Å². The summed E-state index contributed by atoms with van der Waals surface area (Å²) < 4.78 is 3.72. The van der Waals surface area contributed by atoms with Crippen molar-refractivity contribution in [1.82, 2.24) is 14.6 Å². The van der Waals surface area contributed by atoms with E-state index in [1.54, 1.807) is 26.0 Å². The standard InChI is InChI=1S/C10H9ClN4OS/c1-5-7(3-4-8(11)12-5)13-10(16)9-6(2)14-15-17-9/h3-4H,1-2H3,(H,13,16). The van der Waals surface area contributed by atoms with Gasteiger partial charge in [-0.1, -0.05) is 16.1 Å². The zero-order chi connectivity index (χ0) is 12.4. The predicted molar refractivity (Wildman–Crippen MR) is 66.6 cm³/mol. The molecule has 2 aromatic heterocycles. The van der Waals surface area contributed by atoms with Gasteiger partial charge < -0.3 is 5.32 Å². The van der Waals surface area contributed by atoms with Gasteiger partial charge in [0.2, 0.25) is 0 Å². The SMILES string of the molecule is Cc1nc(Cl)ccc1NC(=O)c1snnc1C. The zero-order valence-electron chi connectivity index (χ0n) is 9.19. The van der Waals surface area contributed by atoms with E-state index >= 15 is 0 Å². The largest absolute Gasteiger partial charge is 0.320 e. The van der Waals surface area contributed by atoms with E-state index in [2.05, 4.69) is 19.9 Å². The van der Waals surface area contributed by atoms with Crippen molar-refractivity contribution in [3.8, 4) is 0 Å². The highest BCUT2D eigenvalue weighted by Crippen LogP contribution is 2.18. The van der Waals surface area contributed by atoms with Crippen LogP contribution >= 0.6 is 23.1 Å². The molecular formula is C10H9ClN4OS. The highest BCUT2D eigenvalue weighted by atomic mass is 35.5. The second-order valence-electron chi connectivity index (χ2n) is 3.41. The number of rotatable bonds is 2. The van der Waals surface area contributed by atoms with E-state index in [-0.39, 0.29) is 5.91 Å². The minimum atomic E-state index is -0.232. The maximum Gasteiger partial charge on any atom is 0.269 e. The molecule has 2 rings (SSSR count). The van der Waals surface area contributed by atoms with E-state index in [4.69, 9.17) is 11.6 Å². The molecule has 17 heavy (non-hydrogen) atoms. The van der Waals surface area contributed by atoms with Crippen molar-refractivity contribution >= 4 is 34.7 Å². The van der Waals surface area contributed by atoms with E-state index in [0.29, 0.717) is 27.1 Å². The number of aromatic nitrogens is 3. The summed E-state index contributed by atoms with van der Waals surface area (Å²) >= 11 is 6.80. The average Bonchev–Trinajstić information content (AvgIpc) is 2.68. The molecule has 0 unspecified atom stereocenters. The topological polar surface area (TPSA) is 67.8 Å². The number of hydrogen-bond acceptors (Lipinski definition) is 5. The smallest absolute Gasteiger partial charge is 0.269 e. The zero-order valence-corrected chi connectivity index (χ0v) is 10.8. The number of amides is 1. The first kappa shape index (κ1) is 11.9. The van der Waals surface area contributed by atoms with Crippen molar-refractivity contribution in [3.63, 3.8) is 0 Å². The van der Waals surface area contributed by atoms with Crippen LogP contribution in [0.4, 0.5) is 5.69 Å². The minimum absolute atomic E-state index is 0.232. The van der Waals surface area contributed by atoms with Crippen molar-refractivity contribution in [3.05, 3.63) is 33.6 Å². The average molecular weight is 269 g/mol. The Kier molecular flexibility index (Phi) is 3.35. The highest BCUT2D eigenvalue weighted by Gasteiger charge is 2.14. The number of halogens is 1. The van der Waals surface area contributed by atoms with Gasteiger partial charge in [-0.2, -0.15) is 0 Å². The lowest BCUT2D eigenvalue weighted by Gasteiger charge is -2.06. The molecule has 0 saturated carbocycles. The van der Waals surface area contributed by atoms with Gasteiger partial charge in [0, 0.05) is 0 Å². The fourth-order valence-electron chi connectivity index (χ4n) is 1.28. The summed E-state index contributed by atoms with van der Waals surface area (Å²) in [6.45, 7) is 3.52. The number of carbonyl (C=O) groups is 1. The molecule has 0 bridgehead atoms. The van der Waals surface area contributed by atoms with Gasteiger partial charge in [0.15, 0.2) is 0 Å². The molecule has 2 aromatic rings. The molecule has 2 heterocycles. The van der Waals surface area contributed by atoms with Crippen molar-refractivity contribution in [2.24, 2.45) is 0 Å². The molecule has 0 saturated heterocycles. The molecule has 88 valence electrons. The lowest BCUT2D eigenvalue weighted by Crippen LogP contribution is -2.12. The van der Waals surface area contributed by atoms with Crippen LogP contribution in [0.3, 0.4) is 0 Å². The number of hydrogen-bond donors (Lipinski definition) is 1. The fourth-order valence-corrected chi connectivity index (χ4v) is 2.02. The predicted octanol–water partition coefficient (Wildman–Crippen LogP) is 2.46. The fraction of sp³-hybridized carbons (Fsp3) is 0.200. The van der Waals surface area contributed by atoms with Gasteiger partial charge in [-0.05, 0) is 37.5 Å². The van der Waals surface area contributed by atoms with Crippen molar-refractivity contribution in [2.75, 3.05) is 5.32 Å². The molecule has 0 aliphatic rings. The molecule has 0 aliphatic carbocycles. The molecule has 0 radical (unpaired) electrons. The number of nitrogens with one attached hydrogen (secondary N) is 1.